The maximum absolute atomic E-state index is 6.72. The summed E-state index contributed by atoms with van der Waals surface area (Å²) in [5, 5.41) is 12.5. The van der Waals surface area contributed by atoms with Gasteiger partial charge in [-0.15, -0.1) is 11.3 Å². The number of hydrogen-bond acceptors (Lipinski definition) is 3. The smallest absolute Gasteiger partial charge is 0.115 e. The van der Waals surface area contributed by atoms with Crippen LogP contribution in [-0.2, 0) is 6.67 Å². The number of thiophene rings is 1. The summed E-state index contributed by atoms with van der Waals surface area (Å²) in [5.74, 6) is 0. The van der Waals surface area contributed by atoms with E-state index in [-0.39, 0.29) is 0 Å². The van der Waals surface area contributed by atoms with Crippen LogP contribution in [0.2, 0.25) is 0 Å². The van der Waals surface area contributed by atoms with Crippen LogP contribution >= 0.6 is 11.3 Å². The molecule has 0 spiro atoms. The third kappa shape index (κ3) is 4.70. The maximum Gasteiger partial charge on any atom is 0.115 e. The van der Waals surface area contributed by atoms with Crippen LogP contribution in [0, 0.1) is 0 Å². The molecule has 0 unspecified atom stereocenters. The maximum atomic E-state index is 6.72. The molecule has 0 bridgehead atoms. The fraction of sp³-hybridized carbons (Fsp3) is 0.0200. The average molecular weight is 708 g/mol. The van der Waals surface area contributed by atoms with Crippen molar-refractivity contribution in [2.75, 3.05) is 5.73 Å². The molecule has 2 N–H and O–H groups in total. The molecule has 11 rings (SSSR count). The molecule has 0 aliphatic carbocycles. The Morgan fingerprint density at radius 1 is 0.481 bits per heavy atom. The highest BCUT2D eigenvalue weighted by molar-refractivity contribution is 7.26. The number of hydrogen-bond donors (Lipinski definition) is 1. The van der Waals surface area contributed by atoms with Crippen LogP contribution in [-0.4, -0.2) is 10.3 Å². The lowest BCUT2D eigenvalue weighted by atomic mass is 9.91. The summed E-state index contributed by atoms with van der Waals surface area (Å²) in [6.07, 6.45) is 0. The lowest BCUT2D eigenvalue weighted by Gasteiger charge is -2.15. The average Bonchev–Trinajstić information content (AvgIpc) is 3.77. The molecule has 0 saturated carbocycles. The molecule has 4 heteroatoms. The molecule has 11 aromatic rings. The molecule has 3 nitrogen and oxygen atoms in total. The van der Waals surface area contributed by atoms with Gasteiger partial charge in [0.15, 0.2) is 0 Å². The minimum atomic E-state index is 0.440. The van der Waals surface area contributed by atoms with E-state index in [0.717, 1.165) is 27.9 Å². The van der Waals surface area contributed by atoms with Gasteiger partial charge in [0.05, 0.1) is 16.7 Å². The third-order valence-corrected chi connectivity index (χ3v) is 12.3. The minimum absolute atomic E-state index is 0.440. The van der Waals surface area contributed by atoms with Gasteiger partial charge in [0.2, 0.25) is 0 Å². The molecule has 9 aromatic carbocycles. The Hall–Kier alpha value is -6.75. The van der Waals surface area contributed by atoms with E-state index in [1.165, 1.54) is 74.4 Å². The minimum Gasteiger partial charge on any atom is -0.398 e. The second-order valence-electron chi connectivity index (χ2n) is 14.0. The molecule has 2 aromatic heterocycles. The zero-order chi connectivity index (χ0) is 35.8. The van der Waals surface area contributed by atoms with Crippen LogP contribution in [0.15, 0.2) is 181 Å². The zero-order valence-corrected chi connectivity index (χ0v) is 30.1. The van der Waals surface area contributed by atoms with Crippen LogP contribution < -0.4 is 5.73 Å². The van der Waals surface area contributed by atoms with Crippen LogP contribution in [0.1, 0.15) is 11.1 Å². The lowest BCUT2D eigenvalue weighted by Crippen LogP contribution is -2.09. The number of benzene rings is 9. The summed E-state index contributed by atoms with van der Waals surface area (Å²) in [7, 11) is 0. The molecule has 0 saturated heterocycles. The molecule has 254 valence electrons. The zero-order valence-electron chi connectivity index (χ0n) is 29.3. The Balaban J connectivity index is 1.09. The van der Waals surface area contributed by atoms with E-state index in [2.05, 4.69) is 162 Å². The third-order valence-electron chi connectivity index (χ3n) is 11.1. The van der Waals surface area contributed by atoms with E-state index in [0.29, 0.717) is 12.4 Å². The number of nitrogens with zero attached hydrogens (tertiary/aromatic N) is 2. The van der Waals surface area contributed by atoms with Gasteiger partial charge in [0.1, 0.15) is 6.67 Å². The second kappa shape index (κ2) is 12.2. The topological polar surface area (TPSA) is 43.3 Å². The van der Waals surface area contributed by atoms with Crippen LogP contribution in [0.25, 0.3) is 85.4 Å². The van der Waals surface area contributed by atoms with Crippen molar-refractivity contribution in [2.45, 2.75) is 6.67 Å². The van der Waals surface area contributed by atoms with Crippen molar-refractivity contribution < 1.29 is 0 Å². The summed E-state index contributed by atoms with van der Waals surface area (Å²) in [6.45, 7) is 0.440. The SMILES string of the molecule is Nc1ccccc1C(=NCn1c2ccccc2c2cc(-c3cccc4c3sc3ccccc34)ccc21)c1ccc2c3ccccc3c3ccccc3c2c1. The summed E-state index contributed by atoms with van der Waals surface area (Å²) in [4.78, 5) is 5.46. The van der Waals surface area contributed by atoms with Crippen molar-refractivity contribution in [1.29, 1.82) is 0 Å². The summed E-state index contributed by atoms with van der Waals surface area (Å²) in [6, 6.07) is 63.3. The number of nitrogens with two attached hydrogens (primary N) is 1. The van der Waals surface area contributed by atoms with Gasteiger partial charge in [-0.1, -0.05) is 140 Å². The van der Waals surface area contributed by atoms with Crippen molar-refractivity contribution in [3.8, 4) is 11.1 Å². The fourth-order valence-corrected chi connectivity index (χ4v) is 9.83. The molecule has 0 amide bonds. The lowest BCUT2D eigenvalue weighted by molar-refractivity contribution is 0.793. The highest BCUT2D eigenvalue weighted by atomic mass is 32.1. The van der Waals surface area contributed by atoms with E-state index >= 15 is 0 Å². The Labute approximate surface area is 315 Å². The quantitative estimate of drug-likeness (QED) is 0.108. The first-order chi connectivity index (χ1) is 26.7. The molecule has 0 radical (unpaired) electrons. The first-order valence-electron chi connectivity index (χ1n) is 18.4. The Kier molecular flexibility index (Phi) is 6.94. The molecular formula is C50H33N3S. The molecule has 0 aliphatic heterocycles. The molecule has 0 aliphatic rings. The van der Waals surface area contributed by atoms with E-state index in [9.17, 15) is 0 Å². The molecule has 2 heterocycles. The monoisotopic (exact) mass is 707 g/mol. The Bertz CT molecular complexity index is 3290. The number of nitrogen functional groups attached to an aromatic ring is 1. The van der Waals surface area contributed by atoms with Gasteiger partial charge >= 0.3 is 0 Å². The number of anilines is 1. The summed E-state index contributed by atoms with van der Waals surface area (Å²) in [5.41, 5.74) is 15.1. The number of fused-ring (bicyclic) bond motifs is 12. The van der Waals surface area contributed by atoms with Gasteiger partial charge in [-0.2, -0.15) is 0 Å². The van der Waals surface area contributed by atoms with Crippen molar-refractivity contribution in [2.24, 2.45) is 4.99 Å². The van der Waals surface area contributed by atoms with Gasteiger partial charge in [0.25, 0.3) is 0 Å². The largest absolute Gasteiger partial charge is 0.398 e. The van der Waals surface area contributed by atoms with Gasteiger partial charge in [0, 0.05) is 47.8 Å². The van der Waals surface area contributed by atoms with Gasteiger partial charge in [-0.05, 0) is 79.8 Å². The normalized spacial score (nSPS) is 12.3. The number of aliphatic imine (C=N–C) groups is 1. The first kappa shape index (κ1) is 30.8. The van der Waals surface area contributed by atoms with E-state index in [4.69, 9.17) is 10.7 Å². The van der Waals surface area contributed by atoms with Crippen molar-refractivity contribution in [3.05, 3.63) is 187 Å². The predicted molar refractivity (Wildman–Crippen MR) is 233 cm³/mol. The van der Waals surface area contributed by atoms with Crippen molar-refractivity contribution in [3.63, 3.8) is 0 Å². The predicted octanol–water partition coefficient (Wildman–Crippen LogP) is 13.4. The highest BCUT2D eigenvalue weighted by Gasteiger charge is 2.17. The fourth-order valence-electron chi connectivity index (χ4n) is 8.59. The van der Waals surface area contributed by atoms with Crippen molar-refractivity contribution >= 4 is 97.0 Å². The number of aromatic nitrogens is 1. The van der Waals surface area contributed by atoms with Crippen LogP contribution in [0.3, 0.4) is 0 Å². The Morgan fingerprint density at radius 3 is 1.87 bits per heavy atom. The van der Waals surface area contributed by atoms with Gasteiger partial charge in [-0.3, -0.25) is 4.99 Å². The second-order valence-corrected chi connectivity index (χ2v) is 15.1. The van der Waals surface area contributed by atoms with E-state index in [1.807, 2.05) is 29.5 Å². The van der Waals surface area contributed by atoms with Gasteiger partial charge < -0.3 is 10.3 Å². The molecular weight excluding hydrogens is 675 g/mol. The summed E-state index contributed by atoms with van der Waals surface area (Å²) >= 11 is 1.87. The molecule has 0 atom stereocenters. The number of para-hydroxylation sites is 2. The van der Waals surface area contributed by atoms with Crippen molar-refractivity contribution in [1.82, 2.24) is 4.57 Å². The molecule has 54 heavy (non-hydrogen) atoms. The first-order valence-corrected chi connectivity index (χ1v) is 19.2. The van der Waals surface area contributed by atoms with Crippen LogP contribution in [0.5, 0.6) is 0 Å². The van der Waals surface area contributed by atoms with E-state index in [1.54, 1.807) is 0 Å². The number of rotatable bonds is 5. The van der Waals surface area contributed by atoms with E-state index < -0.39 is 0 Å². The van der Waals surface area contributed by atoms with Crippen LogP contribution in [0.4, 0.5) is 5.69 Å². The van der Waals surface area contributed by atoms with Gasteiger partial charge in [-0.25, -0.2) is 0 Å². The Morgan fingerprint density at radius 2 is 1.09 bits per heavy atom. The standard InChI is InChI=1S/C50H33N3S/c51-45-21-8-5-18-42(45)49(32-24-26-38-36-14-2-1-12-34(36)35-13-3-4-15-37(35)43(38)29-32)52-30-53-46-22-9-6-16-39(46)44-28-31(25-27-47(44)53)33-19-11-20-41-40-17-7-10-23-48(40)54-50(33)41/h1-29H,30,51H2. The highest BCUT2D eigenvalue weighted by Crippen LogP contribution is 2.42. The summed E-state index contributed by atoms with van der Waals surface area (Å²) < 4.78 is 4.99. The molecule has 0 fully saturated rings.